The Kier molecular flexibility index (Phi) is 32.1. The highest BCUT2D eigenvalue weighted by molar-refractivity contribution is 6.04. The maximum absolute atomic E-state index is 12.8. The van der Waals surface area contributed by atoms with Gasteiger partial charge in [0.05, 0.1) is 55.9 Å². The molecule has 6 heterocycles. The van der Waals surface area contributed by atoms with Gasteiger partial charge in [0.25, 0.3) is 23.7 Å². The summed E-state index contributed by atoms with van der Waals surface area (Å²) < 4.78 is 28.5. The van der Waals surface area contributed by atoms with Crippen LogP contribution in [0.1, 0.15) is 82.9 Å². The fourth-order valence-corrected chi connectivity index (χ4v) is 11.0. The van der Waals surface area contributed by atoms with Crippen molar-refractivity contribution in [2.75, 3.05) is 39.5 Å². The van der Waals surface area contributed by atoms with Crippen LogP contribution in [0.4, 0.5) is 0 Å². The van der Waals surface area contributed by atoms with E-state index in [9.17, 15) is 30.2 Å². The number of rotatable bonds is 33. The minimum absolute atomic E-state index is 0.0184. The lowest BCUT2D eigenvalue weighted by atomic mass is 10.1. The van der Waals surface area contributed by atoms with Crippen molar-refractivity contribution in [3.63, 3.8) is 0 Å². The zero-order valence-electron chi connectivity index (χ0n) is 62.9. The standard InChI is InChI=1S/3C28H28N6O2.C2H4O2/c3*1-2-16-36-26-11-6-8-22(18-26)27-24(20-34(32-27)25-9-4-3-5-10-25)17-23(19-29)28(35)31-12-7-14-33-15-13-30-21-33;1-2(3)4/h3*3-6,8-11,13,15,17-18,20-21H,2,7,12,14,16H2,1H3,(H,31,35);1H3,(H,3,4)/b3*23-17-;. The molecule has 4 N–H and O–H groups in total. The van der Waals surface area contributed by atoms with E-state index >= 15 is 0 Å². The van der Waals surface area contributed by atoms with Crippen molar-refractivity contribution in [1.82, 2.24) is 73.9 Å². The third-order valence-corrected chi connectivity index (χ3v) is 16.3. The lowest BCUT2D eigenvalue weighted by Gasteiger charge is -2.07. The fraction of sp³-hybridized carbons (Fsp3) is 0.221. The zero-order chi connectivity index (χ0) is 79.1. The van der Waals surface area contributed by atoms with Gasteiger partial charge in [-0.05, 0) is 130 Å². The second-order valence-corrected chi connectivity index (χ2v) is 25.0. The van der Waals surface area contributed by atoms with E-state index < -0.39 is 23.7 Å². The number of carboxylic acid groups (broad SMARTS) is 1. The van der Waals surface area contributed by atoms with Crippen molar-refractivity contribution in [2.45, 2.75) is 85.9 Å². The monoisotopic (exact) mass is 1500 g/mol. The largest absolute Gasteiger partial charge is 0.494 e. The number of carboxylic acids is 1. The summed E-state index contributed by atoms with van der Waals surface area (Å²) in [7, 11) is 0. The predicted octanol–water partition coefficient (Wildman–Crippen LogP) is 14.0. The first-order valence-corrected chi connectivity index (χ1v) is 36.7. The van der Waals surface area contributed by atoms with Crippen LogP contribution in [0.5, 0.6) is 17.2 Å². The molecule has 0 bridgehead atoms. The molecule has 26 nitrogen and oxygen atoms in total. The smallest absolute Gasteiger partial charge is 0.300 e. The summed E-state index contributed by atoms with van der Waals surface area (Å²) in [5.74, 6) is 0.156. The third kappa shape index (κ3) is 25.4. The van der Waals surface area contributed by atoms with Crippen molar-refractivity contribution in [3.8, 4) is 86.3 Å². The Hall–Kier alpha value is -14.5. The van der Waals surface area contributed by atoms with Crippen LogP contribution >= 0.6 is 0 Å². The first-order valence-electron chi connectivity index (χ1n) is 36.7. The van der Waals surface area contributed by atoms with Gasteiger partial charge in [-0.1, -0.05) is 112 Å². The number of nitrogens with zero attached hydrogens (tertiary/aromatic N) is 15. The van der Waals surface area contributed by atoms with Gasteiger partial charge in [0.2, 0.25) is 0 Å². The topological polar surface area (TPSA) is 331 Å². The summed E-state index contributed by atoms with van der Waals surface area (Å²) in [4.78, 5) is 59.3. The number of aliphatic carboxylic acids is 1. The Labute approximate surface area is 650 Å². The number of hydrogen-bond acceptors (Lipinski definition) is 16. The number of carbonyl (C=O) groups excluding carboxylic acids is 3. The Morgan fingerprint density at radius 1 is 0.420 bits per heavy atom. The van der Waals surface area contributed by atoms with Crippen LogP contribution in [0.25, 0.3) is 69.1 Å². The number of para-hydroxylation sites is 3. The lowest BCUT2D eigenvalue weighted by molar-refractivity contribution is -0.134. The molecule has 112 heavy (non-hydrogen) atoms. The zero-order valence-corrected chi connectivity index (χ0v) is 62.9. The summed E-state index contributed by atoms with van der Waals surface area (Å²) in [6.07, 6.45) is 31.1. The van der Waals surface area contributed by atoms with Crippen LogP contribution in [0.2, 0.25) is 0 Å². The predicted molar refractivity (Wildman–Crippen MR) is 428 cm³/mol. The molecular formula is C86H88N18O8. The second-order valence-electron chi connectivity index (χ2n) is 25.0. The van der Waals surface area contributed by atoms with Crippen molar-refractivity contribution in [3.05, 3.63) is 272 Å². The van der Waals surface area contributed by atoms with Gasteiger partial charge in [0, 0.05) is 135 Å². The van der Waals surface area contributed by atoms with Gasteiger partial charge in [0.1, 0.15) is 69.3 Å². The maximum Gasteiger partial charge on any atom is 0.300 e. The van der Waals surface area contributed by atoms with Crippen LogP contribution in [0.3, 0.4) is 0 Å². The van der Waals surface area contributed by atoms with Crippen LogP contribution < -0.4 is 30.2 Å². The quantitative estimate of drug-likeness (QED) is 0.0169. The molecule has 6 aromatic heterocycles. The van der Waals surface area contributed by atoms with Gasteiger partial charge < -0.3 is 49.0 Å². The number of imidazole rings is 3. The normalized spacial score (nSPS) is 11.0. The average Bonchev–Trinajstić information content (AvgIpc) is 1.67. The van der Waals surface area contributed by atoms with Gasteiger partial charge >= 0.3 is 0 Å². The van der Waals surface area contributed by atoms with E-state index in [1.807, 2.05) is 233 Å². The molecule has 0 aliphatic carbocycles. The lowest BCUT2D eigenvalue weighted by Crippen LogP contribution is -2.26. The first-order chi connectivity index (χ1) is 54.8. The van der Waals surface area contributed by atoms with E-state index in [2.05, 4.69) is 51.7 Å². The van der Waals surface area contributed by atoms with Gasteiger partial charge in [-0.25, -0.2) is 29.0 Å². The van der Waals surface area contributed by atoms with Crippen LogP contribution in [0.15, 0.2) is 255 Å². The van der Waals surface area contributed by atoms with E-state index in [1.54, 1.807) is 69.8 Å². The number of nitriles is 3. The highest BCUT2D eigenvalue weighted by Gasteiger charge is 2.20. The summed E-state index contributed by atoms with van der Waals surface area (Å²) in [5.41, 5.74) is 9.14. The molecule has 0 spiro atoms. The van der Waals surface area contributed by atoms with Crippen molar-refractivity contribution in [2.24, 2.45) is 0 Å². The Balaban J connectivity index is 0.000000188. The maximum atomic E-state index is 12.8. The molecule has 0 saturated carbocycles. The summed E-state index contributed by atoms with van der Waals surface area (Å²) in [6.45, 7) is 12.6. The number of aryl methyl sites for hydroxylation is 3. The van der Waals surface area contributed by atoms with E-state index in [0.717, 1.165) is 116 Å². The van der Waals surface area contributed by atoms with Crippen molar-refractivity contribution < 1.29 is 38.5 Å². The SMILES string of the molecule is CC(=O)O.CCCOc1cccc(-c2nn(-c3ccccc3)cc2/C=C(/C#N)C(=O)NCCCn2ccnc2)c1.CCCOc1cccc(-c2nn(-c3ccccc3)cc2/C=C(/C#N)C(=O)NCCCn2ccnc2)c1.CCCOc1cccc(-c2nn(-c3ccccc3)cc2/C=C(/C#N)C(=O)NCCCn2ccnc2)c1. The van der Waals surface area contributed by atoms with Gasteiger partial charge in [0.15, 0.2) is 0 Å². The van der Waals surface area contributed by atoms with Crippen molar-refractivity contribution >= 4 is 41.9 Å². The van der Waals surface area contributed by atoms with E-state index in [0.29, 0.717) is 73.2 Å². The fourth-order valence-electron chi connectivity index (χ4n) is 11.0. The van der Waals surface area contributed by atoms with E-state index in [1.165, 1.54) is 0 Å². The minimum atomic E-state index is -0.833. The molecule has 570 valence electrons. The van der Waals surface area contributed by atoms with E-state index in [-0.39, 0.29) is 16.7 Å². The molecule has 26 heteroatoms. The minimum Gasteiger partial charge on any atom is -0.494 e. The molecule has 6 aromatic carbocycles. The number of ether oxygens (including phenoxy) is 3. The third-order valence-electron chi connectivity index (χ3n) is 16.3. The van der Waals surface area contributed by atoms with Crippen LogP contribution in [-0.2, 0) is 38.8 Å². The summed E-state index contributed by atoms with van der Waals surface area (Å²) >= 11 is 0. The number of carbonyl (C=O) groups is 4. The average molecular weight is 1500 g/mol. The number of nitrogens with one attached hydrogen (secondary N) is 3. The van der Waals surface area contributed by atoms with Gasteiger partial charge in [-0.15, -0.1) is 0 Å². The molecule has 0 aliphatic rings. The van der Waals surface area contributed by atoms with Crippen molar-refractivity contribution in [1.29, 1.82) is 15.8 Å². The highest BCUT2D eigenvalue weighted by atomic mass is 16.5. The number of aromatic nitrogens is 12. The summed E-state index contributed by atoms with van der Waals surface area (Å²) in [6, 6.07) is 58.3. The van der Waals surface area contributed by atoms with Crippen LogP contribution in [-0.4, -0.2) is 126 Å². The Morgan fingerprint density at radius 3 is 0.938 bits per heavy atom. The highest BCUT2D eigenvalue weighted by Crippen LogP contribution is 2.32. The number of hydrogen-bond donors (Lipinski definition) is 4. The Bertz CT molecular complexity index is 4670. The van der Waals surface area contributed by atoms with Gasteiger partial charge in [-0.3, -0.25) is 19.2 Å². The molecule has 0 radical (unpaired) electrons. The molecule has 3 amide bonds. The van der Waals surface area contributed by atoms with Gasteiger partial charge in [-0.2, -0.15) is 31.1 Å². The molecule has 0 unspecified atom stereocenters. The Morgan fingerprint density at radius 2 is 0.696 bits per heavy atom. The first kappa shape index (κ1) is 81.6. The van der Waals surface area contributed by atoms with E-state index in [4.69, 9.17) is 39.4 Å². The molecule has 0 atom stereocenters. The number of amides is 3. The molecule has 0 saturated heterocycles. The summed E-state index contributed by atoms with van der Waals surface area (Å²) in [5, 5.41) is 59.5. The molecule has 0 fully saturated rings. The molecule has 0 aliphatic heterocycles. The molecule has 12 aromatic rings. The molecule has 12 rings (SSSR count). The molecular weight excluding hydrogens is 1410 g/mol. The van der Waals surface area contributed by atoms with Crippen LogP contribution in [0, 0.1) is 34.0 Å². The number of benzene rings is 6. The second kappa shape index (κ2) is 44.0.